The quantitative estimate of drug-likeness (QED) is 0.705. The average Bonchev–Trinajstić information content (AvgIpc) is 3.23. The van der Waals surface area contributed by atoms with Gasteiger partial charge in [0.1, 0.15) is 12.1 Å². The van der Waals surface area contributed by atoms with Gasteiger partial charge in [-0.15, -0.1) is 10.2 Å². The molecule has 2 aromatic heterocycles. The van der Waals surface area contributed by atoms with Crippen LogP contribution in [0.1, 0.15) is 12.8 Å². The molecule has 10 heteroatoms. The van der Waals surface area contributed by atoms with Gasteiger partial charge in [0.05, 0.1) is 17.2 Å². The van der Waals surface area contributed by atoms with E-state index in [1.807, 2.05) is 12.1 Å². The molecule has 1 N–H and O–H groups in total. The largest absolute Gasteiger partial charge is 0.341 e. The summed E-state index contributed by atoms with van der Waals surface area (Å²) in [4.78, 5) is 43.0. The maximum Gasteiger partial charge on any atom is 0.269 e. The lowest BCUT2D eigenvalue weighted by atomic mass is 9.96. The van der Waals surface area contributed by atoms with E-state index in [1.165, 1.54) is 22.1 Å². The molecule has 0 atom stereocenters. The van der Waals surface area contributed by atoms with Crippen molar-refractivity contribution in [3.63, 3.8) is 0 Å². The first kappa shape index (κ1) is 18.2. The van der Waals surface area contributed by atoms with Gasteiger partial charge in [-0.3, -0.25) is 19.0 Å². The number of hydrogen-bond donors (Lipinski definition) is 1. The number of piperidine rings is 1. The predicted octanol–water partition coefficient (Wildman–Crippen LogP) is 1.13. The Morgan fingerprint density at radius 2 is 2.00 bits per heavy atom. The van der Waals surface area contributed by atoms with Gasteiger partial charge in [0.25, 0.3) is 5.56 Å². The second kappa shape index (κ2) is 7.85. The van der Waals surface area contributed by atoms with E-state index in [0.717, 1.165) is 0 Å². The highest BCUT2D eigenvalue weighted by Crippen LogP contribution is 2.20. The fraction of sp³-hybridized carbons (Fsp3) is 0.333. The SMILES string of the molecule is O=C(Nc1nncs1)C1CCN(C(=O)Cn2c(=O)cnc3ccccc32)CC1. The molecule has 0 unspecified atom stereocenters. The molecule has 1 aliphatic heterocycles. The van der Waals surface area contributed by atoms with E-state index in [0.29, 0.717) is 42.1 Å². The summed E-state index contributed by atoms with van der Waals surface area (Å²) in [5, 5.41) is 10.7. The Bertz CT molecular complexity index is 1060. The van der Waals surface area contributed by atoms with E-state index < -0.39 is 0 Å². The van der Waals surface area contributed by atoms with Crippen molar-refractivity contribution in [2.24, 2.45) is 5.92 Å². The third-order valence-electron chi connectivity index (χ3n) is 4.85. The number of carbonyl (C=O) groups is 2. The molecule has 0 saturated carbocycles. The number of para-hydroxylation sites is 2. The Labute approximate surface area is 164 Å². The lowest BCUT2D eigenvalue weighted by molar-refractivity contribution is -0.135. The Kier molecular flexibility index (Phi) is 5.11. The van der Waals surface area contributed by atoms with Gasteiger partial charge in [0.15, 0.2) is 0 Å². The third kappa shape index (κ3) is 3.77. The molecule has 0 aliphatic carbocycles. The van der Waals surface area contributed by atoms with Crippen molar-refractivity contribution in [3.8, 4) is 0 Å². The number of rotatable bonds is 4. The van der Waals surface area contributed by atoms with Crippen molar-refractivity contribution >= 4 is 39.3 Å². The van der Waals surface area contributed by atoms with Gasteiger partial charge in [-0.25, -0.2) is 4.98 Å². The smallest absolute Gasteiger partial charge is 0.269 e. The van der Waals surface area contributed by atoms with Crippen molar-refractivity contribution < 1.29 is 9.59 Å². The van der Waals surface area contributed by atoms with Crippen molar-refractivity contribution in [2.45, 2.75) is 19.4 Å². The Morgan fingerprint density at radius 3 is 2.75 bits per heavy atom. The number of nitrogens with one attached hydrogen (secondary N) is 1. The molecule has 3 aromatic rings. The third-order valence-corrected chi connectivity index (χ3v) is 5.46. The van der Waals surface area contributed by atoms with Crippen LogP contribution in [0.4, 0.5) is 5.13 Å². The number of amides is 2. The molecular weight excluding hydrogens is 380 g/mol. The van der Waals surface area contributed by atoms with Crippen LogP contribution in [0.5, 0.6) is 0 Å². The molecule has 2 amide bonds. The number of anilines is 1. The lowest BCUT2D eigenvalue weighted by Crippen LogP contribution is -2.43. The normalized spacial score (nSPS) is 14.9. The molecule has 1 aliphatic rings. The van der Waals surface area contributed by atoms with Gasteiger partial charge in [0.2, 0.25) is 16.9 Å². The molecule has 3 heterocycles. The summed E-state index contributed by atoms with van der Waals surface area (Å²) in [5.41, 5.74) is 2.55. The molecule has 1 saturated heterocycles. The Balaban J connectivity index is 1.39. The van der Waals surface area contributed by atoms with Crippen molar-refractivity contribution in [3.05, 3.63) is 46.3 Å². The summed E-state index contributed by atoms with van der Waals surface area (Å²) in [5.74, 6) is -0.404. The molecule has 1 fully saturated rings. The zero-order valence-electron chi connectivity index (χ0n) is 14.9. The average molecular weight is 398 g/mol. The number of carbonyl (C=O) groups excluding carboxylic acids is 2. The molecule has 144 valence electrons. The number of benzene rings is 1. The number of hydrogen-bond acceptors (Lipinski definition) is 7. The zero-order valence-corrected chi connectivity index (χ0v) is 15.8. The van der Waals surface area contributed by atoms with Crippen molar-refractivity contribution in [2.75, 3.05) is 18.4 Å². The summed E-state index contributed by atoms with van der Waals surface area (Å²) < 4.78 is 1.44. The van der Waals surface area contributed by atoms with E-state index in [2.05, 4.69) is 20.5 Å². The van der Waals surface area contributed by atoms with Gasteiger partial charge in [-0.2, -0.15) is 0 Å². The summed E-state index contributed by atoms with van der Waals surface area (Å²) in [7, 11) is 0. The number of aromatic nitrogens is 4. The minimum atomic E-state index is -0.307. The van der Waals surface area contributed by atoms with E-state index in [-0.39, 0.29) is 29.8 Å². The van der Waals surface area contributed by atoms with Crippen LogP contribution in [-0.4, -0.2) is 49.6 Å². The summed E-state index contributed by atoms with van der Waals surface area (Å²) in [6.07, 6.45) is 2.38. The van der Waals surface area contributed by atoms with Crippen LogP contribution < -0.4 is 10.9 Å². The topological polar surface area (TPSA) is 110 Å². The number of likely N-dealkylation sites (tertiary alicyclic amines) is 1. The lowest BCUT2D eigenvalue weighted by Gasteiger charge is -2.31. The van der Waals surface area contributed by atoms with Gasteiger partial charge in [-0.05, 0) is 25.0 Å². The van der Waals surface area contributed by atoms with Gasteiger partial charge in [0, 0.05) is 19.0 Å². The fourth-order valence-electron chi connectivity index (χ4n) is 3.34. The van der Waals surface area contributed by atoms with Crippen LogP contribution in [0.3, 0.4) is 0 Å². The van der Waals surface area contributed by atoms with Crippen LogP contribution in [0.15, 0.2) is 40.8 Å². The zero-order chi connectivity index (χ0) is 19.5. The van der Waals surface area contributed by atoms with Crippen molar-refractivity contribution in [1.82, 2.24) is 24.6 Å². The van der Waals surface area contributed by atoms with Gasteiger partial charge in [-0.1, -0.05) is 23.5 Å². The standard InChI is InChI=1S/C18H18N6O3S/c25-15-9-19-13-3-1-2-4-14(13)24(15)10-16(26)23-7-5-12(6-8-23)17(27)21-18-22-20-11-28-18/h1-4,9,11-12H,5-8,10H2,(H,21,22,27). The molecule has 0 spiro atoms. The first-order chi connectivity index (χ1) is 13.6. The number of nitrogens with zero attached hydrogens (tertiary/aromatic N) is 5. The minimum Gasteiger partial charge on any atom is -0.341 e. The predicted molar refractivity (Wildman–Crippen MR) is 104 cm³/mol. The van der Waals surface area contributed by atoms with Crippen molar-refractivity contribution in [1.29, 1.82) is 0 Å². The molecular formula is C18H18N6O3S. The van der Waals surface area contributed by atoms with Gasteiger partial charge >= 0.3 is 0 Å². The molecule has 4 rings (SSSR count). The van der Waals surface area contributed by atoms with Crippen LogP contribution >= 0.6 is 11.3 Å². The molecule has 1 aromatic carbocycles. The molecule has 9 nitrogen and oxygen atoms in total. The monoisotopic (exact) mass is 398 g/mol. The second-order valence-corrected chi connectivity index (χ2v) is 7.39. The van der Waals surface area contributed by atoms with E-state index in [4.69, 9.17) is 0 Å². The molecule has 28 heavy (non-hydrogen) atoms. The highest BCUT2D eigenvalue weighted by molar-refractivity contribution is 7.13. The van der Waals surface area contributed by atoms with E-state index in [9.17, 15) is 14.4 Å². The molecule has 0 radical (unpaired) electrons. The fourth-order valence-corrected chi connectivity index (χ4v) is 3.79. The first-order valence-electron chi connectivity index (χ1n) is 8.91. The maximum atomic E-state index is 12.7. The molecule has 0 bridgehead atoms. The summed E-state index contributed by atoms with van der Waals surface area (Å²) >= 11 is 1.27. The Hall–Kier alpha value is -3.14. The summed E-state index contributed by atoms with van der Waals surface area (Å²) in [6, 6.07) is 7.23. The van der Waals surface area contributed by atoms with E-state index >= 15 is 0 Å². The van der Waals surface area contributed by atoms with E-state index in [1.54, 1.807) is 22.5 Å². The van der Waals surface area contributed by atoms with Crippen LogP contribution in [0, 0.1) is 5.92 Å². The summed E-state index contributed by atoms with van der Waals surface area (Å²) in [6.45, 7) is 0.916. The minimum absolute atomic E-state index is 0.0382. The highest BCUT2D eigenvalue weighted by atomic mass is 32.1. The van der Waals surface area contributed by atoms with Crippen LogP contribution in [0.2, 0.25) is 0 Å². The Morgan fingerprint density at radius 1 is 1.21 bits per heavy atom. The highest BCUT2D eigenvalue weighted by Gasteiger charge is 2.28. The van der Waals surface area contributed by atoms with Gasteiger partial charge < -0.3 is 10.2 Å². The first-order valence-corrected chi connectivity index (χ1v) is 9.79. The second-order valence-electron chi connectivity index (χ2n) is 6.56. The number of fused-ring (bicyclic) bond motifs is 1. The van der Waals surface area contributed by atoms with Crippen LogP contribution in [-0.2, 0) is 16.1 Å². The van der Waals surface area contributed by atoms with Crippen LogP contribution in [0.25, 0.3) is 11.0 Å². The maximum absolute atomic E-state index is 12.7.